The molecule has 0 bridgehead atoms. The number of carbonyl (C=O) groups is 1. The van der Waals surface area contributed by atoms with E-state index < -0.39 is 12.0 Å². The van der Waals surface area contributed by atoms with Crippen molar-refractivity contribution in [1.82, 2.24) is 4.57 Å². The highest BCUT2D eigenvalue weighted by molar-refractivity contribution is 7.07. The van der Waals surface area contributed by atoms with Gasteiger partial charge >= 0.3 is 5.97 Å². The van der Waals surface area contributed by atoms with Crippen LogP contribution in [0.3, 0.4) is 0 Å². The summed E-state index contributed by atoms with van der Waals surface area (Å²) in [5.74, 6) is 1.13. The fraction of sp³-hybridized carbons (Fsp3) is 0.286. The molecule has 0 amide bonds. The second kappa shape index (κ2) is 10.9. The lowest BCUT2D eigenvalue weighted by molar-refractivity contribution is -0.139. The van der Waals surface area contributed by atoms with Gasteiger partial charge in [0.2, 0.25) is 6.79 Å². The Morgan fingerprint density at radius 2 is 2.05 bits per heavy atom. The maximum absolute atomic E-state index is 13.9. The van der Waals surface area contributed by atoms with Crippen LogP contribution in [0.4, 0.5) is 0 Å². The monoisotopic (exact) mass is 531 g/mol. The van der Waals surface area contributed by atoms with E-state index in [0.29, 0.717) is 55.4 Å². The van der Waals surface area contributed by atoms with Crippen LogP contribution in [0, 0.1) is 11.3 Å². The summed E-state index contributed by atoms with van der Waals surface area (Å²) in [6.45, 7) is 3.94. The highest BCUT2D eigenvalue weighted by atomic mass is 32.1. The average Bonchev–Trinajstić information content (AvgIpc) is 3.51. The van der Waals surface area contributed by atoms with E-state index in [4.69, 9.17) is 29.2 Å². The van der Waals surface area contributed by atoms with Gasteiger partial charge in [0.15, 0.2) is 22.9 Å². The van der Waals surface area contributed by atoms with Crippen LogP contribution in [-0.2, 0) is 9.53 Å². The molecular formula is C28H25N3O6S. The topological polar surface area (TPSA) is 112 Å². The van der Waals surface area contributed by atoms with E-state index in [1.165, 1.54) is 15.9 Å². The van der Waals surface area contributed by atoms with Crippen LogP contribution in [0.1, 0.15) is 43.9 Å². The predicted molar refractivity (Wildman–Crippen MR) is 140 cm³/mol. The number of esters is 1. The molecule has 10 heteroatoms. The van der Waals surface area contributed by atoms with Gasteiger partial charge in [0.25, 0.3) is 5.56 Å². The quantitative estimate of drug-likeness (QED) is 0.410. The SMILES string of the molecule is CCCC1=C(C(=O)OCC)[C@@H](c2ccc3c(c2)OCO3)n2c(s/c(=C\c3ccccc3OCC#N)c2=O)=N1. The average molecular weight is 532 g/mol. The first-order chi connectivity index (χ1) is 18.5. The number of fused-ring (bicyclic) bond motifs is 2. The summed E-state index contributed by atoms with van der Waals surface area (Å²) in [6.07, 6.45) is 3.03. The van der Waals surface area contributed by atoms with Crippen molar-refractivity contribution in [3.05, 3.63) is 84.5 Å². The number of rotatable bonds is 8. The number of para-hydroxylation sites is 1. The molecule has 3 aromatic rings. The van der Waals surface area contributed by atoms with Crippen LogP contribution in [-0.4, -0.2) is 30.5 Å². The lowest BCUT2D eigenvalue weighted by Gasteiger charge is -2.25. The lowest BCUT2D eigenvalue weighted by atomic mass is 9.94. The summed E-state index contributed by atoms with van der Waals surface area (Å²) < 4.78 is 24.0. The first-order valence-corrected chi connectivity index (χ1v) is 13.1. The zero-order valence-corrected chi connectivity index (χ0v) is 21.7. The first kappa shape index (κ1) is 25.3. The summed E-state index contributed by atoms with van der Waals surface area (Å²) in [5, 5.41) is 8.93. The predicted octanol–water partition coefficient (Wildman–Crippen LogP) is 3.21. The number of hydrogen-bond donors (Lipinski definition) is 0. The molecule has 0 unspecified atom stereocenters. The van der Waals surface area contributed by atoms with E-state index in [1.54, 1.807) is 37.3 Å². The molecule has 194 valence electrons. The van der Waals surface area contributed by atoms with Crippen molar-refractivity contribution >= 4 is 23.4 Å². The molecule has 38 heavy (non-hydrogen) atoms. The second-order valence-electron chi connectivity index (χ2n) is 8.51. The van der Waals surface area contributed by atoms with Crippen LogP contribution in [0.25, 0.3) is 6.08 Å². The number of thiazole rings is 1. The van der Waals surface area contributed by atoms with Crippen molar-refractivity contribution in [2.75, 3.05) is 20.0 Å². The largest absolute Gasteiger partial charge is 0.478 e. The van der Waals surface area contributed by atoms with Gasteiger partial charge in [-0.1, -0.05) is 48.9 Å². The van der Waals surface area contributed by atoms with Gasteiger partial charge in [0.05, 0.1) is 28.5 Å². The van der Waals surface area contributed by atoms with E-state index in [2.05, 4.69) is 0 Å². The van der Waals surface area contributed by atoms with E-state index in [1.807, 2.05) is 31.2 Å². The second-order valence-corrected chi connectivity index (χ2v) is 9.52. The molecule has 3 heterocycles. The third-order valence-corrected chi connectivity index (χ3v) is 7.09. The van der Waals surface area contributed by atoms with Crippen molar-refractivity contribution in [2.24, 2.45) is 4.99 Å². The molecule has 0 saturated carbocycles. The maximum Gasteiger partial charge on any atom is 0.338 e. The van der Waals surface area contributed by atoms with E-state index in [9.17, 15) is 9.59 Å². The number of ether oxygens (including phenoxy) is 4. The Kier molecular flexibility index (Phi) is 7.29. The molecule has 9 nitrogen and oxygen atoms in total. The van der Waals surface area contributed by atoms with Crippen LogP contribution >= 0.6 is 11.3 Å². The third-order valence-electron chi connectivity index (χ3n) is 6.10. The number of nitrogens with zero attached hydrogens (tertiary/aromatic N) is 3. The highest BCUT2D eigenvalue weighted by Gasteiger charge is 2.35. The van der Waals surface area contributed by atoms with Crippen LogP contribution < -0.4 is 29.1 Å². The van der Waals surface area contributed by atoms with Gasteiger partial charge in [-0.2, -0.15) is 5.26 Å². The molecule has 2 aromatic carbocycles. The summed E-state index contributed by atoms with van der Waals surface area (Å²) in [6, 6.07) is 13.8. The molecular weight excluding hydrogens is 506 g/mol. The van der Waals surface area contributed by atoms with Crippen LogP contribution in [0.2, 0.25) is 0 Å². The Hall–Kier alpha value is -4.36. The lowest BCUT2D eigenvalue weighted by Crippen LogP contribution is -2.40. The number of benzene rings is 2. The number of allylic oxidation sites excluding steroid dienone is 1. The fourth-order valence-corrected chi connectivity index (χ4v) is 5.51. The molecule has 2 aliphatic heterocycles. The van der Waals surface area contributed by atoms with E-state index in [0.717, 1.165) is 6.42 Å². The van der Waals surface area contributed by atoms with Gasteiger partial charge in [0, 0.05) is 5.56 Å². The fourth-order valence-electron chi connectivity index (χ4n) is 4.50. The van der Waals surface area contributed by atoms with Gasteiger partial charge in [-0.25, -0.2) is 9.79 Å². The van der Waals surface area contributed by atoms with Gasteiger partial charge in [-0.15, -0.1) is 0 Å². The molecule has 0 aliphatic carbocycles. The third kappa shape index (κ3) is 4.68. The molecule has 2 aliphatic rings. The normalized spacial score (nSPS) is 16.0. The van der Waals surface area contributed by atoms with E-state index in [-0.39, 0.29) is 25.6 Å². The van der Waals surface area contributed by atoms with Crippen molar-refractivity contribution in [3.63, 3.8) is 0 Å². The molecule has 0 radical (unpaired) electrons. The van der Waals surface area contributed by atoms with Gasteiger partial charge in [-0.3, -0.25) is 9.36 Å². The number of nitriles is 1. The molecule has 1 aromatic heterocycles. The van der Waals surface area contributed by atoms with Crippen molar-refractivity contribution < 1.29 is 23.7 Å². The smallest absolute Gasteiger partial charge is 0.338 e. The molecule has 0 spiro atoms. The zero-order valence-electron chi connectivity index (χ0n) is 20.9. The minimum Gasteiger partial charge on any atom is -0.478 e. The van der Waals surface area contributed by atoms with Crippen molar-refractivity contribution in [3.8, 4) is 23.3 Å². The zero-order chi connectivity index (χ0) is 26.6. The van der Waals surface area contributed by atoms with Crippen LogP contribution in [0.15, 0.2) is 63.5 Å². The minimum atomic E-state index is -0.756. The van der Waals surface area contributed by atoms with Gasteiger partial charge in [0.1, 0.15) is 11.8 Å². The number of hydrogen-bond acceptors (Lipinski definition) is 9. The Morgan fingerprint density at radius 1 is 1.24 bits per heavy atom. The summed E-state index contributed by atoms with van der Waals surface area (Å²) >= 11 is 1.24. The molecule has 0 saturated heterocycles. The number of carbonyl (C=O) groups excluding carboxylic acids is 1. The standard InChI is InChI=1S/C28H25N3O6S/c1-3-7-19-24(27(33)34-4-2)25(18-10-11-21-22(14-18)37-16-36-21)31-26(32)23(38-28(31)30-19)15-17-8-5-6-9-20(17)35-13-12-29/h5-6,8-11,14-15,25H,3-4,7,13,16H2,1-2H3/b23-15-/t25-/m1/s1. The van der Waals surface area contributed by atoms with Gasteiger partial charge in [-0.05, 0) is 43.2 Å². The first-order valence-electron chi connectivity index (χ1n) is 12.3. The maximum atomic E-state index is 13.9. The van der Waals surface area contributed by atoms with Gasteiger partial charge < -0.3 is 18.9 Å². The Bertz CT molecular complexity index is 1650. The van der Waals surface area contributed by atoms with E-state index >= 15 is 0 Å². The molecule has 1 atom stereocenters. The summed E-state index contributed by atoms with van der Waals surface area (Å²) in [5.41, 5.74) is 1.98. The Balaban J connectivity index is 1.73. The Labute approximate surface area is 222 Å². The van der Waals surface area contributed by atoms with Crippen LogP contribution in [0.5, 0.6) is 17.2 Å². The Morgan fingerprint density at radius 3 is 2.84 bits per heavy atom. The minimum absolute atomic E-state index is 0.108. The molecule has 5 rings (SSSR count). The molecule has 0 N–H and O–H groups in total. The number of aromatic nitrogens is 1. The highest BCUT2D eigenvalue weighted by Crippen LogP contribution is 2.38. The molecule has 0 fully saturated rings. The van der Waals surface area contributed by atoms with Crippen molar-refractivity contribution in [1.29, 1.82) is 5.26 Å². The summed E-state index contributed by atoms with van der Waals surface area (Å²) in [7, 11) is 0. The summed E-state index contributed by atoms with van der Waals surface area (Å²) in [4.78, 5) is 32.5. The van der Waals surface area contributed by atoms with Crippen molar-refractivity contribution in [2.45, 2.75) is 32.7 Å².